The molecule has 0 radical (unpaired) electrons. The summed E-state index contributed by atoms with van der Waals surface area (Å²) in [6.45, 7) is 6.45. The van der Waals surface area contributed by atoms with Gasteiger partial charge in [0.2, 0.25) is 0 Å². The predicted molar refractivity (Wildman–Crippen MR) is 47.3 cm³/mol. The third kappa shape index (κ3) is 1.64. The summed E-state index contributed by atoms with van der Waals surface area (Å²) in [6, 6.07) is 0. The van der Waals surface area contributed by atoms with Gasteiger partial charge in [-0.15, -0.1) is 0 Å². The van der Waals surface area contributed by atoms with Gasteiger partial charge >= 0.3 is 0 Å². The van der Waals surface area contributed by atoms with Crippen LogP contribution < -0.4 is 0 Å². The Hall–Kier alpha value is -0.300. The van der Waals surface area contributed by atoms with Crippen molar-refractivity contribution in [2.24, 2.45) is 11.8 Å². The van der Waals surface area contributed by atoms with E-state index >= 15 is 0 Å². The lowest BCUT2D eigenvalue weighted by atomic mass is 9.79. The normalized spacial score (nSPS) is 38.5. The molecule has 0 aromatic carbocycles. The number of rotatable bonds is 1. The van der Waals surface area contributed by atoms with Crippen molar-refractivity contribution in [1.82, 2.24) is 0 Å². The topological polar surface area (TPSA) is 20.2 Å². The molecular weight excluding hydrogens is 136 g/mol. The molecule has 1 nitrogen and oxygen atoms in total. The molecule has 2 unspecified atom stereocenters. The summed E-state index contributed by atoms with van der Waals surface area (Å²) in [4.78, 5) is 0. The average Bonchev–Trinajstić information content (AvgIpc) is 2.01. The van der Waals surface area contributed by atoms with Gasteiger partial charge in [-0.2, -0.15) is 0 Å². The van der Waals surface area contributed by atoms with Gasteiger partial charge in [-0.3, -0.25) is 0 Å². The van der Waals surface area contributed by atoms with Gasteiger partial charge in [0.05, 0.1) is 6.10 Å². The first-order chi connectivity index (χ1) is 5.16. The zero-order valence-corrected chi connectivity index (χ0v) is 7.67. The summed E-state index contributed by atoms with van der Waals surface area (Å²) in [5.74, 6) is 1.08. The summed E-state index contributed by atoms with van der Waals surface area (Å²) < 4.78 is 0. The van der Waals surface area contributed by atoms with Crippen molar-refractivity contribution < 1.29 is 5.11 Å². The fourth-order valence-electron chi connectivity index (χ4n) is 1.68. The average molecular weight is 154 g/mol. The molecule has 11 heavy (non-hydrogen) atoms. The number of allylic oxidation sites excluding steroid dienone is 1. The van der Waals surface area contributed by atoms with Crippen LogP contribution in [0.25, 0.3) is 0 Å². The highest BCUT2D eigenvalue weighted by Gasteiger charge is 2.26. The van der Waals surface area contributed by atoms with Crippen LogP contribution in [0.5, 0.6) is 0 Å². The van der Waals surface area contributed by atoms with Crippen LogP contribution in [0.2, 0.25) is 0 Å². The molecule has 0 spiro atoms. The Bertz CT molecular complexity index is 160. The zero-order chi connectivity index (χ0) is 8.43. The van der Waals surface area contributed by atoms with E-state index < -0.39 is 0 Å². The highest BCUT2D eigenvalue weighted by atomic mass is 16.3. The van der Waals surface area contributed by atoms with Crippen LogP contribution in [0.4, 0.5) is 0 Å². The summed E-state index contributed by atoms with van der Waals surface area (Å²) in [7, 11) is 0. The SMILES string of the molecule is CCC1=CCC(C)[C@@H](C)C1O. The highest BCUT2D eigenvalue weighted by molar-refractivity contribution is 5.13. The van der Waals surface area contributed by atoms with E-state index in [1.807, 2.05) is 0 Å². The van der Waals surface area contributed by atoms with E-state index in [-0.39, 0.29) is 6.10 Å². The van der Waals surface area contributed by atoms with Crippen molar-refractivity contribution in [2.75, 3.05) is 0 Å². The maximum Gasteiger partial charge on any atom is 0.0778 e. The largest absolute Gasteiger partial charge is 0.388 e. The quantitative estimate of drug-likeness (QED) is 0.575. The highest BCUT2D eigenvalue weighted by Crippen LogP contribution is 2.30. The molecule has 1 rings (SSSR count). The van der Waals surface area contributed by atoms with Crippen LogP contribution >= 0.6 is 0 Å². The smallest absolute Gasteiger partial charge is 0.0778 e. The van der Waals surface area contributed by atoms with E-state index in [1.54, 1.807) is 0 Å². The second-order valence-electron chi connectivity index (χ2n) is 3.65. The van der Waals surface area contributed by atoms with Crippen molar-refractivity contribution in [3.63, 3.8) is 0 Å². The van der Waals surface area contributed by atoms with Crippen LogP contribution in [0.3, 0.4) is 0 Å². The molecule has 0 aromatic heterocycles. The van der Waals surface area contributed by atoms with Crippen LogP contribution in [0.15, 0.2) is 11.6 Å². The molecule has 3 atom stereocenters. The third-order valence-corrected chi connectivity index (χ3v) is 2.94. The maximum absolute atomic E-state index is 9.74. The fourth-order valence-corrected chi connectivity index (χ4v) is 1.68. The molecule has 1 aliphatic carbocycles. The standard InChI is InChI=1S/C10H18O/c1-4-9-6-5-7(2)8(3)10(9)11/h6-8,10-11H,4-5H2,1-3H3/t7?,8-,10?/m1/s1. The molecule has 0 aliphatic heterocycles. The van der Waals surface area contributed by atoms with Gasteiger partial charge in [0.25, 0.3) is 0 Å². The van der Waals surface area contributed by atoms with E-state index in [4.69, 9.17) is 0 Å². The van der Waals surface area contributed by atoms with Gasteiger partial charge in [0.1, 0.15) is 0 Å². The van der Waals surface area contributed by atoms with E-state index in [9.17, 15) is 5.11 Å². The molecule has 0 saturated carbocycles. The Kier molecular flexibility index (Phi) is 2.72. The van der Waals surface area contributed by atoms with Crippen molar-refractivity contribution in [3.05, 3.63) is 11.6 Å². The molecule has 0 amide bonds. The molecule has 1 aliphatic rings. The first-order valence-electron chi connectivity index (χ1n) is 4.53. The van der Waals surface area contributed by atoms with Crippen molar-refractivity contribution in [2.45, 2.75) is 39.7 Å². The Morgan fingerprint density at radius 3 is 2.73 bits per heavy atom. The monoisotopic (exact) mass is 154 g/mol. The van der Waals surface area contributed by atoms with Gasteiger partial charge in [-0.05, 0) is 30.3 Å². The molecule has 64 valence electrons. The van der Waals surface area contributed by atoms with Crippen molar-refractivity contribution in [1.29, 1.82) is 0 Å². The second-order valence-corrected chi connectivity index (χ2v) is 3.65. The summed E-state index contributed by atoms with van der Waals surface area (Å²) in [6.07, 6.45) is 4.17. The first kappa shape index (κ1) is 8.79. The molecule has 1 heteroatoms. The van der Waals surface area contributed by atoms with Crippen LogP contribution in [-0.2, 0) is 0 Å². The Morgan fingerprint density at radius 2 is 2.18 bits per heavy atom. The van der Waals surface area contributed by atoms with Gasteiger partial charge in [0, 0.05) is 0 Å². The van der Waals surface area contributed by atoms with E-state index in [2.05, 4.69) is 26.8 Å². The minimum Gasteiger partial charge on any atom is -0.388 e. The Morgan fingerprint density at radius 1 is 1.55 bits per heavy atom. The lowest BCUT2D eigenvalue weighted by molar-refractivity contribution is 0.106. The van der Waals surface area contributed by atoms with E-state index in [0.29, 0.717) is 11.8 Å². The number of hydrogen-bond acceptors (Lipinski definition) is 1. The molecule has 0 aromatic rings. The van der Waals surface area contributed by atoms with Crippen LogP contribution in [0, 0.1) is 11.8 Å². The number of aliphatic hydroxyl groups is 1. The minimum absolute atomic E-state index is 0.177. The lowest BCUT2D eigenvalue weighted by Crippen LogP contribution is -2.28. The van der Waals surface area contributed by atoms with Gasteiger partial charge in [-0.1, -0.05) is 26.8 Å². The minimum atomic E-state index is -0.177. The number of hydrogen-bond donors (Lipinski definition) is 1. The van der Waals surface area contributed by atoms with Gasteiger partial charge in [0.15, 0.2) is 0 Å². The lowest BCUT2D eigenvalue weighted by Gasteiger charge is -2.30. The molecule has 0 saturated heterocycles. The van der Waals surface area contributed by atoms with E-state index in [1.165, 1.54) is 5.57 Å². The Balaban J connectivity index is 2.70. The fraction of sp³-hybridized carbons (Fsp3) is 0.800. The van der Waals surface area contributed by atoms with Crippen LogP contribution in [-0.4, -0.2) is 11.2 Å². The molecular formula is C10H18O. The summed E-state index contributed by atoms with van der Waals surface area (Å²) in [5, 5.41) is 9.74. The maximum atomic E-state index is 9.74. The molecule has 0 bridgehead atoms. The summed E-state index contributed by atoms with van der Waals surface area (Å²) >= 11 is 0. The molecule has 0 fully saturated rings. The third-order valence-electron chi connectivity index (χ3n) is 2.94. The van der Waals surface area contributed by atoms with Crippen LogP contribution in [0.1, 0.15) is 33.6 Å². The first-order valence-corrected chi connectivity index (χ1v) is 4.53. The molecule has 0 heterocycles. The van der Waals surface area contributed by atoms with Crippen molar-refractivity contribution in [3.8, 4) is 0 Å². The zero-order valence-electron chi connectivity index (χ0n) is 7.67. The van der Waals surface area contributed by atoms with Gasteiger partial charge in [-0.25, -0.2) is 0 Å². The van der Waals surface area contributed by atoms with E-state index in [0.717, 1.165) is 12.8 Å². The Labute approximate surface area is 69.1 Å². The van der Waals surface area contributed by atoms with Gasteiger partial charge < -0.3 is 5.11 Å². The number of aliphatic hydroxyl groups excluding tert-OH is 1. The second kappa shape index (κ2) is 3.40. The molecule has 1 N–H and O–H groups in total. The summed E-state index contributed by atoms with van der Waals surface area (Å²) in [5.41, 5.74) is 1.23. The predicted octanol–water partition coefficient (Wildman–Crippen LogP) is 2.36. The van der Waals surface area contributed by atoms with Crippen molar-refractivity contribution >= 4 is 0 Å².